The predicted octanol–water partition coefficient (Wildman–Crippen LogP) is -8.51. The highest BCUT2D eigenvalue weighted by Gasteiger charge is 2.55. The molecule has 0 aromatic rings. The van der Waals surface area contributed by atoms with E-state index in [2.05, 4.69) is 5.32 Å². The van der Waals surface area contributed by atoms with Gasteiger partial charge in [0.1, 0.15) is 73.2 Å². The zero-order valence-corrected chi connectivity index (χ0v) is 24.8. The van der Waals surface area contributed by atoms with Crippen LogP contribution in [0.3, 0.4) is 0 Å². The summed E-state index contributed by atoms with van der Waals surface area (Å²) in [5, 5.41) is 127. The van der Waals surface area contributed by atoms with E-state index >= 15 is 0 Å². The lowest BCUT2D eigenvalue weighted by molar-refractivity contribution is -0.367. The number of aliphatic hydroxyl groups is 12. The van der Waals surface area contributed by atoms with Crippen molar-refractivity contribution in [3.8, 4) is 0 Å². The fourth-order valence-electron chi connectivity index (χ4n) is 5.58. The maximum absolute atomic E-state index is 11.8. The summed E-state index contributed by atoms with van der Waals surface area (Å²) in [4.78, 5) is 28.8. The number of nitrogens with one attached hydrogen (secondary N) is 2. The molecule has 3 heterocycles. The van der Waals surface area contributed by atoms with Crippen molar-refractivity contribution in [2.24, 2.45) is 0 Å². The van der Waals surface area contributed by atoms with Gasteiger partial charge in [0.2, 0.25) is 11.8 Å². The van der Waals surface area contributed by atoms with Gasteiger partial charge in [-0.15, -0.1) is 0 Å². The minimum atomic E-state index is -2.56. The van der Waals surface area contributed by atoms with E-state index in [-0.39, 0.29) is 0 Å². The Labute approximate surface area is 261 Å². The van der Waals surface area contributed by atoms with Crippen LogP contribution >= 0.6 is 0 Å². The quantitative estimate of drug-likeness (QED) is 0.0853. The number of hydrogen-bond acceptors (Lipinski definition) is 19. The summed E-state index contributed by atoms with van der Waals surface area (Å²) in [6.07, 6.45) is -29.6. The average Bonchev–Trinajstić information content (AvgIpc) is 2.99. The Morgan fingerprint density at radius 2 is 1.54 bits per heavy atom. The van der Waals surface area contributed by atoms with Crippen LogP contribution in [0.2, 0.25) is 0 Å². The molecule has 17 atom stereocenters. The fraction of sp³-hybridized carbons (Fsp3) is 0.920. The SMILES string of the molecule is CC(=O)NOC(C[C@]1(O)C[C@H](O)[C@@H](NC(C)=O)[C@H]([C@H](O)[C@H](O)CO)O1)[C@H]1O[C@@H](O[C@H]2[C@H](O)[C@@H](O)[C@@H](O)O[C@@H]2CO)[C@H](O)[C@@H](O)[C@H]1O. The van der Waals surface area contributed by atoms with Gasteiger partial charge < -0.3 is 85.5 Å². The van der Waals surface area contributed by atoms with Gasteiger partial charge in [0.15, 0.2) is 18.4 Å². The zero-order chi connectivity index (χ0) is 34.7. The van der Waals surface area contributed by atoms with E-state index in [1.807, 2.05) is 5.48 Å². The number of amides is 2. The second kappa shape index (κ2) is 16.1. The Hall–Kier alpha value is -1.74. The summed E-state index contributed by atoms with van der Waals surface area (Å²) >= 11 is 0. The largest absolute Gasteiger partial charge is 0.394 e. The standard InChI is InChI=1S/C25H44N2O19/c1-7(30)26-13-9(32)3-25(41,45-22(13)14(34)10(33)5-28)4-11(46-27-8(2)31)20-16(36)15(35)19(39)24(43-20)44-21-12(6-29)42-23(40)18(38)17(21)37/h9-24,28-29,32-41H,3-6H2,1-2H3,(H,26,30)(H,27,31)/t9-,10+,11?,12+,13+,14+,15-,16+,17+,18+,19+,20+,21+,22+,23-,24-,25-/m0/s1. The maximum Gasteiger partial charge on any atom is 0.240 e. The number of carbonyl (C=O) groups excluding carboxylic acids is 2. The van der Waals surface area contributed by atoms with Crippen LogP contribution in [0, 0.1) is 0 Å². The van der Waals surface area contributed by atoms with E-state index < -0.39 is 142 Å². The molecule has 3 fully saturated rings. The molecule has 3 rings (SSSR count). The first kappa shape index (κ1) is 38.7. The molecular weight excluding hydrogens is 632 g/mol. The molecule has 21 nitrogen and oxygen atoms in total. The Kier molecular flexibility index (Phi) is 13.6. The topological polar surface area (TPSA) is 347 Å². The summed E-state index contributed by atoms with van der Waals surface area (Å²) in [6, 6.07) is -1.41. The lowest BCUT2D eigenvalue weighted by atomic mass is 9.85. The van der Waals surface area contributed by atoms with Crippen molar-refractivity contribution in [3.05, 3.63) is 0 Å². The molecule has 268 valence electrons. The van der Waals surface area contributed by atoms with Gasteiger partial charge >= 0.3 is 0 Å². The molecule has 3 aliphatic heterocycles. The summed E-state index contributed by atoms with van der Waals surface area (Å²) in [5.41, 5.74) is 1.96. The van der Waals surface area contributed by atoms with E-state index in [4.69, 9.17) is 23.8 Å². The van der Waals surface area contributed by atoms with Crippen molar-refractivity contribution in [2.45, 2.75) is 130 Å². The van der Waals surface area contributed by atoms with E-state index in [1.54, 1.807) is 0 Å². The van der Waals surface area contributed by atoms with Crippen molar-refractivity contribution in [3.63, 3.8) is 0 Å². The molecule has 1 unspecified atom stereocenters. The lowest BCUT2D eigenvalue weighted by Crippen LogP contribution is -2.68. The van der Waals surface area contributed by atoms with Gasteiger partial charge in [-0.3, -0.25) is 14.4 Å². The number of aliphatic hydroxyl groups excluding tert-OH is 11. The molecular formula is C25H44N2O19. The third-order valence-corrected chi connectivity index (χ3v) is 7.92. The number of hydrogen-bond donors (Lipinski definition) is 14. The number of hydroxylamine groups is 1. The van der Waals surface area contributed by atoms with Gasteiger partial charge in [0, 0.05) is 26.7 Å². The first-order valence-electron chi connectivity index (χ1n) is 14.3. The summed E-state index contributed by atoms with van der Waals surface area (Å²) in [7, 11) is 0. The van der Waals surface area contributed by atoms with Gasteiger partial charge in [0.25, 0.3) is 0 Å². The van der Waals surface area contributed by atoms with Gasteiger partial charge in [0.05, 0.1) is 25.4 Å². The van der Waals surface area contributed by atoms with Crippen LogP contribution in [0.5, 0.6) is 0 Å². The van der Waals surface area contributed by atoms with E-state index in [1.165, 1.54) is 0 Å². The normalized spacial score (nSPS) is 43.7. The molecule has 46 heavy (non-hydrogen) atoms. The molecule has 0 spiro atoms. The maximum atomic E-state index is 11.8. The number of ether oxygens (including phenoxy) is 4. The van der Waals surface area contributed by atoms with Crippen LogP contribution in [0.25, 0.3) is 0 Å². The molecule has 14 N–H and O–H groups in total. The van der Waals surface area contributed by atoms with Crippen molar-refractivity contribution in [2.75, 3.05) is 13.2 Å². The van der Waals surface area contributed by atoms with Crippen LogP contribution in [0.15, 0.2) is 0 Å². The molecule has 0 saturated carbocycles. The predicted molar refractivity (Wildman–Crippen MR) is 142 cm³/mol. The molecule has 3 saturated heterocycles. The molecule has 0 aromatic carbocycles. The van der Waals surface area contributed by atoms with Crippen molar-refractivity contribution >= 4 is 11.8 Å². The first-order valence-corrected chi connectivity index (χ1v) is 14.3. The number of rotatable bonds is 12. The molecule has 0 bridgehead atoms. The van der Waals surface area contributed by atoms with Gasteiger partial charge in [-0.1, -0.05) is 0 Å². The Morgan fingerprint density at radius 1 is 0.891 bits per heavy atom. The van der Waals surface area contributed by atoms with Crippen LogP contribution in [0.4, 0.5) is 0 Å². The third-order valence-electron chi connectivity index (χ3n) is 7.92. The second-order valence-electron chi connectivity index (χ2n) is 11.6. The minimum Gasteiger partial charge on any atom is -0.394 e. The van der Waals surface area contributed by atoms with Crippen LogP contribution in [0.1, 0.15) is 26.7 Å². The summed E-state index contributed by atoms with van der Waals surface area (Å²) in [5.74, 6) is -4.04. The molecule has 0 aliphatic carbocycles. The molecule has 3 aliphatic rings. The number of carbonyl (C=O) groups is 2. The Morgan fingerprint density at radius 3 is 2.11 bits per heavy atom. The minimum absolute atomic E-state index is 0.683. The lowest BCUT2D eigenvalue weighted by Gasteiger charge is -2.49. The Balaban J connectivity index is 1.91. The van der Waals surface area contributed by atoms with Gasteiger partial charge in [-0.2, -0.15) is 0 Å². The fourth-order valence-corrected chi connectivity index (χ4v) is 5.58. The first-order chi connectivity index (χ1) is 21.4. The molecule has 0 radical (unpaired) electrons. The second-order valence-corrected chi connectivity index (χ2v) is 11.6. The molecule has 21 heteroatoms. The highest BCUT2D eigenvalue weighted by atomic mass is 16.7. The smallest absolute Gasteiger partial charge is 0.240 e. The van der Waals surface area contributed by atoms with E-state index in [9.17, 15) is 70.9 Å². The zero-order valence-electron chi connectivity index (χ0n) is 24.8. The van der Waals surface area contributed by atoms with E-state index in [0.717, 1.165) is 13.8 Å². The monoisotopic (exact) mass is 676 g/mol. The van der Waals surface area contributed by atoms with E-state index in [0.29, 0.717) is 0 Å². The van der Waals surface area contributed by atoms with Crippen LogP contribution in [-0.2, 0) is 33.4 Å². The highest BCUT2D eigenvalue weighted by Crippen LogP contribution is 2.37. The van der Waals surface area contributed by atoms with Crippen LogP contribution < -0.4 is 10.8 Å². The summed E-state index contributed by atoms with van der Waals surface area (Å²) < 4.78 is 21.8. The van der Waals surface area contributed by atoms with Gasteiger partial charge in [-0.25, -0.2) is 5.48 Å². The highest BCUT2D eigenvalue weighted by molar-refractivity contribution is 5.73. The Bertz CT molecular complexity index is 1010. The van der Waals surface area contributed by atoms with Crippen molar-refractivity contribution < 1.29 is 94.7 Å². The third kappa shape index (κ3) is 8.83. The molecule has 0 aromatic heterocycles. The van der Waals surface area contributed by atoms with Crippen LogP contribution in [-0.4, -0.2) is 190 Å². The van der Waals surface area contributed by atoms with Crippen molar-refractivity contribution in [1.82, 2.24) is 10.8 Å². The van der Waals surface area contributed by atoms with Gasteiger partial charge in [-0.05, 0) is 0 Å². The average molecular weight is 677 g/mol. The molecule has 2 amide bonds. The van der Waals surface area contributed by atoms with Crippen molar-refractivity contribution in [1.29, 1.82) is 0 Å². The summed E-state index contributed by atoms with van der Waals surface area (Å²) in [6.45, 7) is 0.269.